The smallest absolute Gasteiger partial charge is 0.386 e. The number of imide groups is 1. The molecule has 3 amide bonds. The third-order valence-corrected chi connectivity index (χ3v) is 13.2. The topological polar surface area (TPSA) is 164 Å². The number of fused-ring (bicyclic) bond motifs is 2. The average Bonchev–Trinajstić information content (AvgIpc) is 3.72. The number of aromatic nitrogens is 5. The van der Waals surface area contributed by atoms with Gasteiger partial charge in [0, 0.05) is 43.4 Å². The highest BCUT2D eigenvalue weighted by atomic mass is 32.1. The predicted octanol–water partition coefficient (Wildman–Crippen LogP) is 6.37. The average molecular weight is 819 g/mol. The molecule has 13 nitrogen and oxygen atoms in total. The summed E-state index contributed by atoms with van der Waals surface area (Å²) in [4.78, 5) is 65.1. The van der Waals surface area contributed by atoms with Crippen LogP contribution in [-0.2, 0) is 28.4 Å². The van der Waals surface area contributed by atoms with E-state index < -0.39 is 41.2 Å². The van der Waals surface area contributed by atoms with E-state index in [1.807, 2.05) is 12.1 Å². The molecule has 2 aliphatic heterocycles. The molecule has 0 radical (unpaired) electrons. The van der Waals surface area contributed by atoms with Crippen LogP contribution in [0.5, 0.6) is 0 Å². The summed E-state index contributed by atoms with van der Waals surface area (Å²) >= 11 is 1.53. The van der Waals surface area contributed by atoms with Gasteiger partial charge in [0.2, 0.25) is 17.6 Å². The van der Waals surface area contributed by atoms with Crippen molar-refractivity contribution < 1.29 is 32.7 Å². The molecular formula is C41H45F3N8O5S. The summed E-state index contributed by atoms with van der Waals surface area (Å²) in [6, 6.07) is 9.78. The molecule has 0 spiro atoms. The second-order valence-electron chi connectivity index (χ2n) is 16.4. The van der Waals surface area contributed by atoms with Crippen LogP contribution in [0.2, 0.25) is 0 Å². The van der Waals surface area contributed by atoms with E-state index in [-0.39, 0.29) is 35.5 Å². The maximum atomic E-state index is 13.5. The van der Waals surface area contributed by atoms with Crippen LogP contribution in [0.3, 0.4) is 0 Å². The Kier molecular flexibility index (Phi) is 10.5. The third kappa shape index (κ3) is 7.78. The number of rotatable bonds is 8. The van der Waals surface area contributed by atoms with E-state index in [2.05, 4.69) is 31.6 Å². The minimum absolute atomic E-state index is 0.200. The summed E-state index contributed by atoms with van der Waals surface area (Å²) in [5.74, 6) is -1.91. The van der Waals surface area contributed by atoms with Gasteiger partial charge in [0.05, 0.1) is 31.9 Å². The molecule has 17 heteroatoms. The van der Waals surface area contributed by atoms with Crippen LogP contribution >= 0.6 is 11.3 Å². The Balaban J connectivity index is 0.897. The molecular weight excluding hydrogens is 774 g/mol. The lowest BCUT2D eigenvalue weighted by Crippen LogP contribution is -2.44. The first kappa shape index (κ1) is 39.8. The Morgan fingerprint density at radius 2 is 1.72 bits per heavy atom. The summed E-state index contributed by atoms with van der Waals surface area (Å²) in [6.45, 7) is 6.05. The molecule has 1 saturated carbocycles. The number of hydrogen-bond acceptors (Lipinski definition) is 10. The molecule has 3 N–H and O–H groups in total. The van der Waals surface area contributed by atoms with Crippen molar-refractivity contribution in [3.63, 3.8) is 0 Å². The monoisotopic (exact) mass is 818 g/mol. The predicted molar refractivity (Wildman–Crippen MR) is 212 cm³/mol. The molecule has 3 aliphatic rings. The SMILES string of the molecule is Cn1c(=O)n(C2CCC(=O)NC2=O)c2cccc(C3CCN(C[C@H]4CC[C@H](c5nc6cc(C(C)(C)O)c(NC(=O)c7ccnc(C(F)(F)F)n7)cc6s5)CC4)CC3)c21. The lowest BCUT2D eigenvalue weighted by molar-refractivity contribution is -0.145. The summed E-state index contributed by atoms with van der Waals surface area (Å²) in [7, 11) is 1.75. The number of hydrogen-bond donors (Lipinski definition) is 3. The van der Waals surface area contributed by atoms with E-state index in [0.29, 0.717) is 23.4 Å². The van der Waals surface area contributed by atoms with Crippen molar-refractivity contribution in [1.82, 2.24) is 34.3 Å². The van der Waals surface area contributed by atoms with Crippen molar-refractivity contribution in [2.45, 2.75) is 94.9 Å². The Hall–Kier alpha value is -5.00. The Morgan fingerprint density at radius 1 is 0.983 bits per heavy atom. The number of piperidine rings is 2. The van der Waals surface area contributed by atoms with E-state index in [4.69, 9.17) is 4.98 Å². The second kappa shape index (κ2) is 15.3. The molecule has 2 aromatic carbocycles. The highest BCUT2D eigenvalue weighted by Crippen LogP contribution is 2.42. The fourth-order valence-electron chi connectivity index (χ4n) is 9.00. The zero-order chi connectivity index (χ0) is 41.1. The van der Waals surface area contributed by atoms with Gasteiger partial charge >= 0.3 is 11.9 Å². The van der Waals surface area contributed by atoms with E-state index in [1.165, 1.54) is 11.3 Å². The highest BCUT2D eigenvalue weighted by Gasteiger charge is 2.36. The number of benzene rings is 2. The number of anilines is 1. The number of imidazole rings is 1. The molecule has 8 rings (SSSR count). The number of thiazole rings is 1. The van der Waals surface area contributed by atoms with Crippen LogP contribution in [-0.4, -0.2) is 71.4 Å². The zero-order valence-electron chi connectivity index (χ0n) is 32.4. The van der Waals surface area contributed by atoms with Crippen molar-refractivity contribution in [3.8, 4) is 0 Å². The molecule has 5 aromatic rings. The summed E-state index contributed by atoms with van der Waals surface area (Å²) in [5, 5.41) is 17.0. The van der Waals surface area contributed by atoms with Gasteiger partial charge in [0.25, 0.3) is 5.91 Å². The van der Waals surface area contributed by atoms with E-state index in [0.717, 1.165) is 96.7 Å². The first-order valence-corrected chi connectivity index (χ1v) is 20.5. The largest absolute Gasteiger partial charge is 0.451 e. The summed E-state index contributed by atoms with van der Waals surface area (Å²) in [5.41, 5.74) is 1.95. The van der Waals surface area contributed by atoms with Crippen LogP contribution in [0.4, 0.5) is 18.9 Å². The second-order valence-corrected chi connectivity index (χ2v) is 17.4. The van der Waals surface area contributed by atoms with Crippen molar-refractivity contribution in [2.75, 3.05) is 25.0 Å². The standard InChI is InChI=1S/C41H45F3N8O5S/c1-40(2,57)26-19-29-32(20-28(26)46-35(54)27-13-16-45-38(48-27)41(42,43)44)58-37(47-29)24-9-7-22(8-10-24)21-51-17-14-23(15-18-51)25-5-4-6-30-34(25)50(3)39(56)52(30)31-11-12-33(53)49-36(31)55/h4-6,13,16,19-20,22-24,31,57H,7-12,14-15,17-18,21H2,1-3H3,(H,46,54)(H,49,53,55)/t22-,24-,31?. The van der Waals surface area contributed by atoms with Gasteiger partial charge in [-0.2, -0.15) is 13.2 Å². The molecule has 3 aromatic heterocycles. The fraction of sp³-hybridized carbons (Fsp3) is 0.488. The normalized spacial score (nSPS) is 21.5. The van der Waals surface area contributed by atoms with Gasteiger partial charge in [-0.25, -0.2) is 19.7 Å². The number of aryl methyl sites for hydroxylation is 1. The maximum Gasteiger partial charge on any atom is 0.451 e. The Bertz CT molecular complexity index is 2470. The molecule has 1 aliphatic carbocycles. The molecule has 0 bridgehead atoms. The Labute approximate surface area is 335 Å². The first-order valence-electron chi connectivity index (χ1n) is 19.7. The van der Waals surface area contributed by atoms with Crippen LogP contribution in [0.15, 0.2) is 47.4 Å². The number of nitrogens with zero attached hydrogens (tertiary/aromatic N) is 6. The minimum atomic E-state index is -4.80. The number of halogens is 3. The van der Waals surface area contributed by atoms with Crippen molar-refractivity contribution in [3.05, 3.63) is 80.7 Å². The van der Waals surface area contributed by atoms with E-state index >= 15 is 0 Å². The number of carbonyl (C=O) groups excluding carboxylic acids is 3. The molecule has 3 fully saturated rings. The van der Waals surface area contributed by atoms with Crippen LogP contribution in [0, 0.1) is 5.92 Å². The fourth-order valence-corrected chi connectivity index (χ4v) is 10.2. The Morgan fingerprint density at radius 3 is 2.41 bits per heavy atom. The molecule has 306 valence electrons. The first-order chi connectivity index (χ1) is 27.5. The number of alkyl halides is 3. The molecule has 1 unspecified atom stereocenters. The van der Waals surface area contributed by atoms with Gasteiger partial charge in [0.15, 0.2) is 0 Å². The number of carbonyl (C=O) groups is 3. The molecule has 58 heavy (non-hydrogen) atoms. The van der Waals surface area contributed by atoms with Crippen LogP contribution in [0.1, 0.15) is 116 Å². The lowest BCUT2D eigenvalue weighted by atomic mass is 9.81. The highest BCUT2D eigenvalue weighted by molar-refractivity contribution is 7.18. The quantitative estimate of drug-likeness (QED) is 0.151. The van der Waals surface area contributed by atoms with Gasteiger partial charge in [-0.3, -0.25) is 28.8 Å². The maximum absolute atomic E-state index is 13.5. The zero-order valence-corrected chi connectivity index (χ0v) is 33.3. The van der Waals surface area contributed by atoms with E-state index in [1.54, 1.807) is 42.2 Å². The van der Waals surface area contributed by atoms with Gasteiger partial charge in [-0.1, -0.05) is 12.1 Å². The molecule has 2 saturated heterocycles. The van der Waals surface area contributed by atoms with Gasteiger partial charge in [0.1, 0.15) is 11.7 Å². The summed E-state index contributed by atoms with van der Waals surface area (Å²) in [6.07, 6.45) is 2.59. The van der Waals surface area contributed by atoms with Gasteiger partial charge in [-0.15, -0.1) is 11.3 Å². The van der Waals surface area contributed by atoms with E-state index in [9.17, 15) is 37.5 Å². The number of amides is 3. The lowest BCUT2D eigenvalue weighted by Gasteiger charge is -2.36. The number of aliphatic hydroxyl groups is 1. The molecule has 1 atom stereocenters. The minimum Gasteiger partial charge on any atom is -0.386 e. The molecule has 5 heterocycles. The van der Waals surface area contributed by atoms with Crippen molar-refractivity contribution >= 4 is 56.0 Å². The van der Waals surface area contributed by atoms with Crippen LogP contribution in [0.25, 0.3) is 21.3 Å². The van der Waals surface area contributed by atoms with Gasteiger partial charge in [-0.05, 0) is 114 Å². The third-order valence-electron chi connectivity index (χ3n) is 12.0. The summed E-state index contributed by atoms with van der Waals surface area (Å²) < 4.78 is 43.6. The van der Waals surface area contributed by atoms with Crippen LogP contribution < -0.4 is 16.3 Å². The van der Waals surface area contributed by atoms with Crippen molar-refractivity contribution in [2.24, 2.45) is 13.0 Å². The van der Waals surface area contributed by atoms with Crippen molar-refractivity contribution in [1.29, 1.82) is 0 Å². The number of nitrogens with one attached hydrogen (secondary N) is 2. The van der Waals surface area contributed by atoms with Gasteiger partial charge < -0.3 is 15.3 Å². The number of likely N-dealkylation sites (tertiary alicyclic amines) is 1. The number of para-hydroxylation sites is 1.